The highest BCUT2D eigenvalue weighted by molar-refractivity contribution is 5.38. The zero-order valence-corrected chi connectivity index (χ0v) is 15.7. The van der Waals surface area contributed by atoms with Crippen molar-refractivity contribution in [1.29, 1.82) is 0 Å². The number of allylic oxidation sites excluding steroid dienone is 3. The van der Waals surface area contributed by atoms with Gasteiger partial charge >= 0.3 is 0 Å². The van der Waals surface area contributed by atoms with Crippen LogP contribution < -0.4 is 0 Å². The highest BCUT2D eigenvalue weighted by Crippen LogP contribution is 2.59. The average Bonchev–Trinajstić information content (AvgIpc) is 2.93. The molecule has 0 aromatic carbocycles. The molecule has 0 radical (unpaired) electrons. The van der Waals surface area contributed by atoms with Crippen molar-refractivity contribution < 1.29 is 15.3 Å². The van der Waals surface area contributed by atoms with E-state index in [4.69, 9.17) is 0 Å². The van der Waals surface area contributed by atoms with Crippen LogP contribution in [0.15, 0.2) is 35.5 Å². The maximum absolute atomic E-state index is 10.0. The lowest BCUT2D eigenvalue weighted by molar-refractivity contribution is 0.0689. The molecule has 0 spiro atoms. The highest BCUT2D eigenvalue weighted by atomic mass is 16.3. The molecule has 25 heavy (non-hydrogen) atoms. The second-order valence-electron chi connectivity index (χ2n) is 8.82. The molecule has 0 amide bonds. The van der Waals surface area contributed by atoms with Gasteiger partial charge in [0.1, 0.15) is 0 Å². The Morgan fingerprint density at radius 2 is 2.04 bits per heavy atom. The lowest BCUT2D eigenvalue weighted by Crippen LogP contribution is -2.36. The zero-order chi connectivity index (χ0) is 18.2. The monoisotopic (exact) mass is 346 g/mol. The Bertz CT molecular complexity index is 576. The van der Waals surface area contributed by atoms with Gasteiger partial charge in [-0.3, -0.25) is 0 Å². The van der Waals surface area contributed by atoms with Crippen LogP contribution in [0.25, 0.3) is 0 Å². The van der Waals surface area contributed by atoms with Crippen molar-refractivity contribution in [2.45, 2.75) is 71.0 Å². The minimum Gasteiger partial charge on any atom is -0.396 e. The summed E-state index contributed by atoms with van der Waals surface area (Å²) < 4.78 is 0. The molecule has 140 valence electrons. The van der Waals surface area contributed by atoms with Gasteiger partial charge in [0.15, 0.2) is 0 Å². The third-order valence-electron chi connectivity index (χ3n) is 7.28. The maximum atomic E-state index is 10.0. The van der Waals surface area contributed by atoms with Gasteiger partial charge in [0, 0.05) is 13.0 Å². The number of rotatable bonds is 3. The Labute approximate surface area is 152 Å². The molecule has 3 N–H and O–H groups in total. The van der Waals surface area contributed by atoms with Crippen LogP contribution in [0.1, 0.15) is 58.8 Å². The quantitative estimate of drug-likeness (QED) is 0.729. The fourth-order valence-electron chi connectivity index (χ4n) is 5.81. The Hall–Kier alpha value is -0.900. The van der Waals surface area contributed by atoms with Crippen LogP contribution in [0.4, 0.5) is 0 Å². The Balaban J connectivity index is 1.82. The maximum Gasteiger partial charge on any atom is 0.0811 e. The third-order valence-corrected chi connectivity index (χ3v) is 7.28. The number of aliphatic hydroxyl groups excluding tert-OH is 3. The van der Waals surface area contributed by atoms with Gasteiger partial charge in [0.25, 0.3) is 0 Å². The summed E-state index contributed by atoms with van der Waals surface area (Å²) in [5.74, 6) is 1.58. The summed E-state index contributed by atoms with van der Waals surface area (Å²) in [6.45, 7) is 8.91. The first-order valence-corrected chi connectivity index (χ1v) is 9.92. The molecule has 3 heteroatoms. The zero-order valence-electron chi connectivity index (χ0n) is 15.7. The summed E-state index contributed by atoms with van der Waals surface area (Å²) in [7, 11) is 0. The van der Waals surface area contributed by atoms with Crippen LogP contribution in [-0.4, -0.2) is 34.1 Å². The van der Waals surface area contributed by atoms with Crippen LogP contribution >= 0.6 is 0 Å². The second-order valence-corrected chi connectivity index (χ2v) is 8.82. The Morgan fingerprint density at radius 3 is 2.76 bits per heavy atom. The Morgan fingerprint density at radius 1 is 1.28 bits per heavy atom. The summed E-state index contributed by atoms with van der Waals surface area (Å²) in [5.41, 5.74) is 3.56. The average molecular weight is 347 g/mol. The van der Waals surface area contributed by atoms with Crippen LogP contribution in [0.3, 0.4) is 0 Å². The van der Waals surface area contributed by atoms with E-state index in [-0.39, 0.29) is 6.61 Å². The summed E-state index contributed by atoms with van der Waals surface area (Å²) >= 11 is 0. The molecule has 0 aliphatic heterocycles. The predicted octanol–water partition coefficient (Wildman–Crippen LogP) is 3.76. The molecule has 0 heterocycles. The number of fused-ring (bicyclic) bond motifs is 1. The molecule has 3 aliphatic rings. The number of aliphatic hydroxyl groups is 3. The van der Waals surface area contributed by atoms with Gasteiger partial charge in [-0.25, -0.2) is 0 Å². The molecule has 0 saturated heterocycles. The van der Waals surface area contributed by atoms with E-state index in [1.165, 1.54) is 31.3 Å². The molecular weight excluding hydrogens is 312 g/mol. The molecular formula is C22H34O3. The molecule has 3 saturated carbocycles. The molecule has 6 atom stereocenters. The molecule has 3 nitrogen and oxygen atoms in total. The number of hydrogen-bond acceptors (Lipinski definition) is 3. The van der Waals surface area contributed by atoms with E-state index in [1.54, 1.807) is 0 Å². The van der Waals surface area contributed by atoms with Crippen molar-refractivity contribution in [3.63, 3.8) is 0 Å². The van der Waals surface area contributed by atoms with Crippen LogP contribution in [0.2, 0.25) is 0 Å². The fraction of sp³-hybridized carbons (Fsp3) is 0.727. The third kappa shape index (κ3) is 3.51. The minimum atomic E-state index is -0.619. The van der Waals surface area contributed by atoms with Crippen molar-refractivity contribution in [3.05, 3.63) is 35.5 Å². The van der Waals surface area contributed by atoms with Gasteiger partial charge in [-0.2, -0.15) is 0 Å². The van der Waals surface area contributed by atoms with E-state index in [1.807, 2.05) is 0 Å². The van der Waals surface area contributed by atoms with Gasteiger partial charge in [0.2, 0.25) is 0 Å². The van der Waals surface area contributed by atoms with Crippen molar-refractivity contribution >= 4 is 0 Å². The van der Waals surface area contributed by atoms with E-state index >= 15 is 0 Å². The summed E-state index contributed by atoms with van der Waals surface area (Å²) in [6.07, 6.45) is 10.3. The standard InChI is InChI=1S/C22H34O3/c1-14(13-23)19-8-9-20-16(5-4-10-22(19,20)3)6-7-17-11-18(24)12-21(25)15(17)2/h6-7,14,18-21,23-25H,2,4-5,8-13H2,1,3H3/b16-6+,17-7+/t14-,18-,19-,20+,21+,22-/m1/s1. The first kappa shape index (κ1) is 18.9. The minimum absolute atomic E-state index is 0.283. The van der Waals surface area contributed by atoms with Crippen molar-refractivity contribution in [3.8, 4) is 0 Å². The van der Waals surface area contributed by atoms with Crippen LogP contribution in [-0.2, 0) is 0 Å². The normalized spacial score (nSPS) is 43.5. The number of hydrogen-bond donors (Lipinski definition) is 3. The van der Waals surface area contributed by atoms with Gasteiger partial charge in [-0.1, -0.05) is 38.2 Å². The predicted molar refractivity (Wildman–Crippen MR) is 101 cm³/mol. The van der Waals surface area contributed by atoms with E-state index in [2.05, 4.69) is 32.6 Å². The lowest BCUT2D eigenvalue weighted by Gasteiger charge is -2.44. The summed E-state index contributed by atoms with van der Waals surface area (Å²) in [5, 5.41) is 29.6. The summed E-state index contributed by atoms with van der Waals surface area (Å²) in [4.78, 5) is 0. The molecule has 0 aromatic rings. The van der Waals surface area contributed by atoms with E-state index in [9.17, 15) is 15.3 Å². The smallest absolute Gasteiger partial charge is 0.0811 e. The topological polar surface area (TPSA) is 60.7 Å². The van der Waals surface area contributed by atoms with E-state index in [0.717, 1.165) is 17.6 Å². The van der Waals surface area contributed by atoms with Crippen molar-refractivity contribution in [2.75, 3.05) is 6.61 Å². The fourth-order valence-corrected chi connectivity index (χ4v) is 5.81. The van der Waals surface area contributed by atoms with Gasteiger partial charge in [0.05, 0.1) is 12.2 Å². The van der Waals surface area contributed by atoms with Crippen LogP contribution in [0, 0.1) is 23.2 Å². The van der Waals surface area contributed by atoms with Gasteiger partial charge in [-0.05, 0) is 72.8 Å². The van der Waals surface area contributed by atoms with E-state index in [0.29, 0.717) is 36.0 Å². The lowest BCUT2D eigenvalue weighted by atomic mass is 9.61. The van der Waals surface area contributed by atoms with Gasteiger partial charge < -0.3 is 15.3 Å². The molecule has 3 aliphatic carbocycles. The first-order valence-electron chi connectivity index (χ1n) is 9.92. The van der Waals surface area contributed by atoms with Gasteiger partial charge in [-0.15, -0.1) is 0 Å². The molecule has 0 aromatic heterocycles. The SMILES string of the molecule is C=C1/C(=C/C=C2\CCC[C@]3(C)[C@@H]([C@H](C)CO)CC[C@@H]23)C[C@@H](O)C[C@@H]1O. The molecule has 0 bridgehead atoms. The van der Waals surface area contributed by atoms with Crippen molar-refractivity contribution in [1.82, 2.24) is 0 Å². The largest absolute Gasteiger partial charge is 0.396 e. The Kier molecular flexibility index (Phi) is 5.57. The summed E-state index contributed by atoms with van der Waals surface area (Å²) in [6, 6.07) is 0. The first-order chi connectivity index (χ1) is 11.9. The molecule has 3 rings (SSSR count). The molecule has 3 fully saturated rings. The second kappa shape index (κ2) is 7.38. The van der Waals surface area contributed by atoms with E-state index < -0.39 is 12.2 Å². The molecule has 0 unspecified atom stereocenters. The van der Waals surface area contributed by atoms with Crippen molar-refractivity contribution in [2.24, 2.45) is 23.2 Å². The highest BCUT2D eigenvalue weighted by Gasteiger charge is 2.50. The van der Waals surface area contributed by atoms with Crippen LogP contribution in [0.5, 0.6) is 0 Å².